The topological polar surface area (TPSA) is 0 Å². The highest BCUT2D eigenvalue weighted by Gasteiger charge is 2.13. The first-order chi connectivity index (χ1) is 7.77. The third kappa shape index (κ3) is 12.2. The van der Waals surface area contributed by atoms with Gasteiger partial charge in [0.05, 0.1) is 0 Å². The molecular weight excluding hydrogens is 204 g/mol. The molecule has 0 amide bonds. The van der Waals surface area contributed by atoms with Crippen LogP contribution in [0.1, 0.15) is 92.9 Å². The summed E-state index contributed by atoms with van der Waals surface area (Å²) in [7, 11) is 0. The molecule has 0 heteroatoms. The molecule has 1 radical (unpaired) electrons. The molecule has 0 aromatic carbocycles. The van der Waals surface area contributed by atoms with Gasteiger partial charge in [0.2, 0.25) is 0 Å². The molecule has 17 heavy (non-hydrogen) atoms. The second kappa shape index (κ2) is 8.16. The Balaban J connectivity index is 3.25. The molecule has 0 spiro atoms. The summed E-state index contributed by atoms with van der Waals surface area (Å²) in [5.41, 5.74) is 0.977. The van der Waals surface area contributed by atoms with Gasteiger partial charge in [-0.05, 0) is 30.1 Å². The van der Waals surface area contributed by atoms with Gasteiger partial charge in [0.15, 0.2) is 0 Å². The Kier molecular flexibility index (Phi) is 8.16. The fourth-order valence-corrected chi connectivity index (χ4v) is 1.99. The Hall–Kier alpha value is 0. The lowest BCUT2D eigenvalue weighted by Crippen LogP contribution is -2.08. The summed E-state index contributed by atoms with van der Waals surface area (Å²) in [6, 6.07) is 0. The van der Waals surface area contributed by atoms with Crippen LogP contribution in [0.4, 0.5) is 0 Å². The molecular formula is C17H35. The zero-order valence-electron chi connectivity index (χ0n) is 13.2. The molecule has 0 aromatic heterocycles. The molecule has 0 bridgehead atoms. The molecule has 0 atom stereocenters. The molecule has 0 heterocycles. The molecule has 0 saturated heterocycles. The zero-order valence-corrected chi connectivity index (χ0v) is 13.2. The Bertz CT molecular complexity index is 171. The smallest absolute Gasteiger partial charge is 0.0332 e. The molecule has 0 aromatic rings. The van der Waals surface area contributed by atoms with E-state index in [1.807, 2.05) is 0 Å². The molecule has 103 valence electrons. The van der Waals surface area contributed by atoms with Crippen LogP contribution < -0.4 is 0 Å². The molecule has 0 aliphatic carbocycles. The van der Waals surface area contributed by atoms with Crippen molar-refractivity contribution < 1.29 is 0 Å². The highest BCUT2D eigenvalue weighted by Crippen LogP contribution is 2.27. The van der Waals surface area contributed by atoms with E-state index in [0.717, 1.165) is 0 Å². The minimum atomic E-state index is 0.408. The minimum Gasteiger partial charge on any atom is -0.0649 e. The maximum atomic E-state index is 2.47. The van der Waals surface area contributed by atoms with Crippen molar-refractivity contribution >= 4 is 0 Å². The van der Waals surface area contributed by atoms with E-state index in [1.165, 1.54) is 51.4 Å². The summed E-state index contributed by atoms with van der Waals surface area (Å²) in [6.07, 6.45) is 13.6. The third-order valence-corrected chi connectivity index (χ3v) is 3.77. The summed E-state index contributed by atoms with van der Waals surface area (Å²) in [5.74, 6) is 0. The van der Waals surface area contributed by atoms with Gasteiger partial charge in [0.1, 0.15) is 0 Å². The highest BCUT2D eigenvalue weighted by atomic mass is 14.2. The second-order valence-corrected chi connectivity index (χ2v) is 7.39. The van der Waals surface area contributed by atoms with Crippen LogP contribution in [0.15, 0.2) is 0 Å². The van der Waals surface area contributed by atoms with Gasteiger partial charge in [-0.2, -0.15) is 0 Å². The Morgan fingerprint density at radius 1 is 0.765 bits per heavy atom. The van der Waals surface area contributed by atoms with E-state index in [0.29, 0.717) is 10.8 Å². The van der Waals surface area contributed by atoms with Crippen LogP contribution in [0.5, 0.6) is 0 Å². The fraction of sp³-hybridized carbons (Fsp3) is 0.941. The van der Waals surface area contributed by atoms with Crippen LogP contribution in [-0.4, -0.2) is 0 Å². The normalized spacial score (nSPS) is 13.1. The molecule has 0 nitrogen and oxygen atoms in total. The van der Waals surface area contributed by atoms with Gasteiger partial charge in [0, 0.05) is 0 Å². The van der Waals surface area contributed by atoms with E-state index in [2.05, 4.69) is 48.0 Å². The zero-order chi connectivity index (χ0) is 13.4. The molecule has 0 unspecified atom stereocenters. The van der Waals surface area contributed by atoms with E-state index in [9.17, 15) is 0 Å². The number of hydrogen-bond acceptors (Lipinski definition) is 0. The van der Waals surface area contributed by atoms with E-state index < -0.39 is 0 Å². The molecule has 0 saturated carbocycles. The van der Waals surface area contributed by atoms with Crippen LogP contribution in [0.25, 0.3) is 0 Å². The van der Waals surface area contributed by atoms with Gasteiger partial charge in [-0.15, -0.1) is 0 Å². The Labute approximate surface area is 111 Å². The SMILES string of the molecule is CCC(C)(C)CCCCCCC[CH]C(C)(C)C. The van der Waals surface area contributed by atoms with Crippen molar-refractivity contribution in [2.45, 2.75) is 92.9 Å². The summed E-state index contributed by atoms with van der Waals surface area (Å²) < 4.78 is 0. The Morgan fingerprint density at radius 3 is 1.82 bits per heavy atom. The van der Waals surface area contributed by atoms with Gasteiger partial charge in [-0.25, -0.2) is 0 Å². The van der Waals surface area contributed by atoms with Crippen molar-refractivity contribution in [3.63, 3.8) is 0 Å². The first-order valence-corrected chi connectivity index (χ1v) is 7.61. The highest BCUT2D eigenvalue weighted by molar-refractivity contribution is 4.79. The number of unbranched alkanes of at least 4 members (excludes halogenated alkanes) is 5. The van der Waals surface area contributed by atoms with Crippen LogP contribution >= 0.6 is 0 Å². The van der Waals surface area contributed by atoms with Crippen molar-refractivity contribution in [2.24, 2.45) is 10.8 Å². The predicted molar refractivity (Wildman–Crippen MR) is 80.1 cm³/mol. The van der Waals surface area contributed by atoms with Gasteiger partial charge < -0.3 is 0 Å². The summed E-state index contributed by atoms with van der Waals surface area (Å²) in [4.78, 5) is 0. The molecule has 0 aliphatic heterocycles. The van der Waals surface area contributed by atoms with E-state index in [4.69, 9.17) is 0 Å². The second-order valence-electron chi connectivity index (χ2n) is 7.39. The number of hydrogen-bond donors (Lipinski definition) is 0. The fourth-order valence-electron chi connectivity index (χ4n) is 1.99. The monoisotopic (exact) mass is 239 g/mol. The van der Waals surface area contributed by atoms with Crippen LogP contribution in [0.2, 0.25) is 0 Å². The lowest BCUT2D eigenvalue weighted by molar-refractivity contribution is 0.307. The van der Waals surface area contributed by atoms with E-state index in [1.54, 1.807) is 0 Å². The standard InChI is InChI=1S/C17H35/c1-7-17(5,6)15-13-11-9-8-10-12-14-16(2,3)4/h14H,7-13,15H2,1-6H3. The molecule has 0 N–H and O–H groups in total. The van der Waals surface area contributed by atoms with Crippen molar-refractivity contribution in [1.82, 2.24) is 0 Å². The summed E-state index contributed by atoms with van der Waals surface area (Å²) in [5, 5.41) is 0. The quantitative estimate of drug-likeness (QED) is 0.408. The maximum absolute atomic E-state index is 2.47. The average Bonchev–Trinajstić information content (AvgIpc) is 2.20. The van der Waals surface area contributed by atoms with Crippen LogP contribution in [0, 0.1) is 17.3 Å². The maximum Gasteiger partial charge on any atom is -0.0332 e. The van der Waals surface area contributed by atoms with Crippen molar-refractivity contribution in [1.29, 1.82) is 0 Å². The van der Waals surface area contributed by atoms with E-state index in [-0.39, 0.29) is 0 Å². The molecule has 0 aliphatic rings. The van der Waals surface area contributed by atoms with E-state index >= 15 is 0 Å². The molecule has 0 rings (SSSR count). The average molecular weight is 239 g/mol. The van der Waals surface area contributed by atoms with Gasteiger partial charge >= 0.3 is 0 Å². The van der Waals surface area contributed by atoms with Crippen molar-refractivity contribution in [3.8, 4) is 0 Å². The predicted octanol–water partition coefficient (Wildman–Crippen LogP) is 6.40. The lowest BCUT2D eigenvalue weighted by atomic mass is 9.84. The molecule has 0 fully saturated rings. The summed E-state index contributed by atoms with van der Waals surface area (Å²) in [6.45, 7) is 14.0. The minimum absolute atomic E-state index is 0.408. The lowest BCUT2D eigenvalue weighted by Gasteiger charge is -2.22. The largest absolute Gasteiger partial charge is 0.0649 e. The van der Waals surface area contributed by atoms with Gasteiger partial charge in [0.25, 0.3) is 0 Å². The first-order valence-electron chi connectivity index (χ1n) is 7.61. The van der Waals surface area contributed by atoms with Crippen molar-refractivity contribution in [3.05, 3.63) is 6.42 Å². The number of rotatable bonds is 9. The first kappa shape index (κ1) is 17.0. The Morgan fingerprint density at radius 2 is 1.29 bits per heavy atom. The summed E-state index contributed by atoms with van der Waals surface area (Å²) >= 11 is 0. The van der Waals surface area contributed by atoms with Gasteiger partial charge in [-0.1, -0.05) is 80.1 Å². The third-order valence-electron chi connectivity index (χ3n) is 3.77. The van der Waals surface area contributed by atoms with Gasteiger partial charge in [-0.3, -0.25) is 0 Å². The van der Waals surface area contributed by atoms with Crippen LogP contribution in [0.3, 0.4) is 0 Å². The van der Waals surface area contributed by atoms with Crippen LogP contribution in [-0.2, 0) is 0 Å². The van der Waals surface area contributed by atoms with Crippen molar-refractivity contribution in [2.75, 3.05) is 0 Å².